The Labute approximate surface area is 142 Å². The van der Waals surface area contributed by atoms with Crippen LogP contribution < -0.4 is 0 Å². The van der Waals surface area contributed by atoms with E-state index in [2.05, 4.69) is 29.0 Å². The Morgan fingerprint density at radius 2 is 1.75 bits per heavy atom. The van der Waals surface area contributed by atoms with Gasteiger partial charge in [-0.1, -0.05) is 30.3 Å². The summed E-state index contributed by atoms with van der Waals surface area (Å²) in [6.45, 7) is 5.45. The molecule has 1 saturated heterocycles. The van der Waals surface area contributed by atoms with E-state index in [4.69, 9.17) is 0 Å². The summed E-state index contributed by atoms with van der Waals surface area (Å²) in [6, 6.07) is 13.0. The molecule has 0 aliphatic carbocycles. The zero-order chi connectivity index (χ0) is 16.9. The molecule has 1 aliphatic rings. The van der Waals surface area contributed by atoms with Crippen LogP contribution in [-0.2, 0) is 6.54 Å². The van der Waals surface area contributed by atoms with Crippen LogP contribution in [0.3, 0.4) is 0 Å². The van der Waals surface area contributed by atoms with Crippen molar-refractivity contribution in [1.82, 2.24) is 9.80 Å². The molecule has 0 bridgehead atoms. The van der Waals surface area contributed by atoms with E-state index < -0.39 is 5.82 Å². The third-order valence-corrected chi connectivity index (χ3v) is 4.63. The average Bonchev–Trinajstić information content (AvgIpc) is 2.80. The van der Waals surface area contributed by atoms with Gasteiger partial charge in [-0.25, -0.2) is 4.39 Å². The molecule has 2 aromatic rings. The minimum absolute atomic E-state index is 0.0986. The lowest BCUT2D eigenvalue weighted by Gasteiger charge is -2.20. The van der Waals surface area contributed by atoms with Crippen molar-refractivity contribution in [2.24, 2.45) is 0 Å². The third kappa shape index (κ3) is 4.08. The van der Waals surface area contributed by atoms with Gasteiger partial charge in [-0.15, -0.1) is 0 Å². The van der Waals surface area contributed by atoms with E-state index >= 15 is 0 Å². The molecule has 0 spiro atoms. The highest BCUT2D eigenvalue weighted by Crippen LogP contribution is 2.22. The molecule has 2 aromatic carbocycles. The molecule has 3 rings (SSSR count). The molecule has 0 radical (unpaired) electrons. The van der Waals surface area contributed by atoms with Gasteiger partial charge >= 0.3 is 0 Å². The van der Waals surface area contributed by atoms with Crippen LogP contribution >= 0.6 is 0 Å². The molecule has 0 unspecified atom stereocenters. The summed E-state index contributed by atoms with van der Waals surface area (Å²) in [5, 5.41) is 0. The highest BCUT2D eigenvalue weighted by atomic mass is 19.1. The lowest BCUT2D eigenvalue weighted by Crippen LogP contribution is -2.28. The predicted molar refractivity (Wildman–Crippen MR) is 94.6 cm³/mol. The van der Waals surface area contributed by atoms with Crippen molar-refractivity contribution in [2.45, 2.75) is 13.0 Å². The number of likely N-dealkylation sites (N-methyl/N-ethyl adjacent to an activating group) is 1. The summed E-state index contributed by atoms with van der Waals surface area (Å²) in [5.41, 5.74) is 3.13. The molecule has 0 atom stereocenters. The molecule has 0 N–H and O–H groups in total. The van der Waals surface area contributed by atoms with Crippen molar-refractivity contribution in [3.05, 3.63) is 59.4 Å². The number of carbonyl (C=O) groups is 1. The van der Waals surface area contributed by atoms with E-state index in [1.54, 1.807) is 6.07 Å². The first-order chi connectivity index (χ1) is 11.7. The Morgan fingerprint density at radius 3 is 2.46 bits per heavy atom. The van der Waals surface area contributed by atoms with Gasteiger partial charge in [0.15, 0.2) is 6.29 Å². The molecule has 1 aliphatic heterocycles. The van der Waals surface area contributed by atoms with Gasteiger partial charge in [-0.2, -0.15) is 0 Å². The molecule has 1 heterocycles. The van der Waals surface area contributed by atoms with Crippen LogP contribution in [0.5, 0.6) is 0 Å². The Bertz CT molecular complexity index is 699. The molecular weight excluding hydrogens is 303 g/mol. The second-order valence-corrected chi connectivity index (χ2v) is 6.48. The van der Waals surface area contributed by atoms with E-state index in [0.717, 1.165) is 43.9 Å². The number of benzene rings is 2. The lowest BCUT2D eigenvalue weighted by molar-refractivity contribution is 0.112. The Balaban J connectivity index is 1.69. The average molecular weight is 326 g/mol. The van der Waals surface area contributed by atoms with Gasteiger partial charge in [-0.3, -0.25) is 9.69 Å². The maximum atomic E-state index is 13.8. The summed E-state index contributed by atoms with van der Waals surface area (Å²) in [4.78, 5) is 15.6. The fourth-order valence-corrected chi connectivity index (χ4v) is 3.12. The van der Waals surface area contributed by atoms with E-state index in [9.17, 15) is 9.18 Å². The SMILES string of the molecule is CN1CCCN(Cc2ccc(-c3ccc(C=O)c(F)c3)cc2)CC1. The first-order valence-electron chi connectivity index (χ1n) is 8.40. The number of aldehydes is 1. The lowest BCUT2D eigenvalue weighted by atomic mass is 10.0. The highest BCUT2D eigenvalue weighted by molar-refractivity contribution is 5.77. The van der Waals surface area contributed by atoms with Gasteiger partial charge in [0.05, 0.1) is 5.56 Å². The molecule has 0 aromatic heterocycles. The predicted octanol–water partition coefficient (Wildman–Crippen LogP) is 3.44. The Hall–Kier alpha value is -2.04. The van der Waals surface area contributed by atoms with Gasteiger partial charge in [0, 0.05) is 19.6 Å². The normalized spacial score (nSPS) is 16.8. The van der Waals surface area contributed by atoms with E-state index in [1.165, 1.54) is 24.1 Å². The van der Waals surface area contributed by atoms with Crippen LogP contribution in [0.4, 0.5) is 4.39 Å². The largest absolute Gasteiger partial charge is 0.305 e. The molecule has 4 heteroatoms. The molecule has 126 valence electrons. The number of rotatable bonds is 4. The maximum Gasteiger partial charge on any atom is 0.152 e. The van der Waals surface area contributed by atoms with Crippen molar-refractivity contribution in [2.75, 3.05) is 33.2 Å². The van der Waals surface area contributed by atoms with Gasteiger partial charge in [0.1, 0.15) is 5.82 Å². The second-order valence-electron chi connectivity index (χ2n) is 6.48. The Morgan fingerprint density at radius 1 is 1.00 bits per heavy atom. The Kier molecular flexibility index (Phi) is 5.38. The van der Waals surface area contributed by atoms with Gasteiger partial charge in [0.2, 0.25) is 0 Å². The fourth-order valence-electron chi connectivity index (χ4n) is 3.12. The van der Waals surface area contributed by atoms with E-state index in [0.29, 0.717) is 6.29 Å². The van der Waals surface area contributed by atoms with Crippen molar-refractivity contribution in [3.63, 3.8) is 0 Å². The van der Waals surface area contributed by atoms with Crippen LogP contribution in [0.15, 0.2) is 42.5 Å². The summed E-state index contributed by atoms with van der Waals surface area (Å²) in [7, 11) is 2.17. The number of carbonyl (C=O) groups excluding carboxylic acids is 1. The van der Waals surface area contributed by atoms with E-state index in [1.807, 2.05) is 12.1 Å². The number of hydrogen-bond acceptors (Lipinski definition) is 3. The van der Waals surface area contributed by atoms with Crippen molar-refractivity contribution in [1.29, 1.82) is 0 Å². The smallest absolute Gasteiger partial charge is 0.152 e. The molecule has 0 amide bonds. The topological polar surface area (TPSA) is 23.6 Å². The first kappa shape index (κ1) is 16.8. The van der Waals surface area contributed by atoms with Crippen LogP contribution in [0.2, 0.25) is 0 Å². The first-order valence-corrected chi connectivity index (χ1v) is 8.40. The summed E-state index contributed by atoms with van der Waals surface area (Å²) >= 11 is 0. The van der Waals surface area contributed by atoms with Gasteiger partial charge in [0.25, 0.3) is 0 Å². The third-order valence-electron chi connectivity index (χ3n) is 4.63. The van der Waals surface area contributed by atoms with Crippen LogP contribution in [0.1, 0.15) is 22.3 Å². The van der Waals surface area contributed by atoms with Crippen molar-refractivity contribution in [3.8, 4) is 11.1 Å². The number of nitrogens with zero attached hydrogens (tertiary/aromatic N) is 2. The maximum absolute atomic E-state index is 13.8. The molecule has 1 fully saturated rings. The zero-order valence-electron chi connectivity index (χ0n) is 14.0. The van der Waals surface area contributed by atoms with Crippen molar-refractivity contribution < 1.29 is 9.18 Å². The summed E-state index contributed by atoms with van der Waals surface area (Å²) in [6.07, 6.45) is 1.75. The molecular formula is C20H23FN2O. The zero-order valence-corrected chi connectivity index (χ0v) is 14.0. The minimum atomic E-state index is -0.472. The van der Waals surface area contributed by atoms with Crippen molar-refractivity contribution >= 4 is 6.29 Å². The van der Waals surface area contributed by atoms with E-state index in [-0.39, 0.29) is 5.56 Å². The summed E-state index contributed by atoms with van der Waals surface area (Å²) in [5.74, 6) is -0.472. The number of halogens is 1. The van der Waals surface area contributed by atoms with Gasteiger partial charge in [-0.05, 0) is 55.4 Å². The monoisotopic (exact) mass is 326 g/mol. The highest BCUT2D eigenvalue weighted by Gasteiger charge is 2.12. The number of hydrogen-bond donors (Lipinski definition) is 0. The van der Waals surface area contributed by atoms with Crippen LogP contribution in [0, 0.1) is 5.82 Å². The molecule has 0 saturated carbocycles. The van der Waals surface area contributed by atoms with Crippen LogP contribution in [-0.4, -0.2) is 49.3 Å². The minimum Gasteiger partial charge on any atom is -0.305 e. The van der Waals surface area contributed by atoms with Gasteiger partial charge < -0.3 is 4.90 Å². The standard InChI is InChI=1S/C20H23FN2O/c1-22-9-2-10-23(12-11-22)14-16-3-5-17(6-4-16)18-7-8-19(15-24)20(21)13-18/h3-8,13,15H,2,9-12,14H2,1H3. The fraction of sp³-hybridized carbons (Fsp3) is 0.350. The van der Waals surface area contributed by atoms with Crippen LogP contribution in [0.25, 0.3) is 11.1 Å². The summed E-state index contributed by atoms with van der Waals surface area (Å²) < 4.78 is 13.8. The molecule has 24 heavy (non-hydrogen) atoms. The molecule has 3 nitrogen and oxygen atoms in total. The quantitative estimate of drug-likeness (QED) is 0.804. The second kappa shape index (κ2) is 7.69.